The highest BCUT2D eigenvalue weighted by Gasteiger charge is 2.54. The molecule has 0 spiro atoms. The molecule has 3 aromatic carbocycles. The van der Waals surface area contributed by atoms with E-state index in [-0.39, 0.29) is 70.2 Å². The highest BCUT2D eigenvalue weighted by molar-refractivity contribution is 7.96. The van der Waals surface area contributed by atoms with E-state index >= 15 is 0 Å². The van der Waals surface area contributed by atoms with Gasteiger partial charge in [0.25, 0.3) is 0 Å². The van der Waals surface area contributed by atoms with Crippen molar-refractivity contribution >= 4 is 50.4 Å². The molecule has 0 saturated heterocycles. The summed E-state index contributed by atoms with van der Waals surface area (Å²) in [6.07, 6.45) is 41.3. The van der Waals surface area contributed by atoms with Gasteiger partial charge >= 0.3 is 11.9 Å². The van der Waals surface area contributed by atoms with E-state index in [9.17, 15) is 14.4 Å². The zero-order chi connectivity index (χ0) is 63.1. The Labute approximate surface area is 528 Å². The van der Waals surface area contributed by atoms with Crippen molar-refractivity contribution in [2.45, 2.75) is 213 Å². The van der Waals surface area contributed by atoms with E-state index in [1.807, 2.05) is 114 Å². The van der Waals surface area contributed by atoms with Gasteiger partial charge in [0.15, 0.2) is 33.7 Å². The van der Waals surface area contributed by atoms with Gasteiger partial charge in [0.1, 0.15) is 61.4 Å². The second kappa shape index (κ2) is 35.8. The summed E-state index contributed by atoms with van der Waals surface area (Å²) >= 11 is 0. The molecule has 85 heavy (non-hydrogen) atoms. The van der Waals surface area contributed by atoms with E-state index in [1.165, 1.54) is 35.1 Å². The minimum Gasteiger partial charge on any atom is -0.486 e. The second-order valence-corrected chi connectivity index (χ2v) is 34.2. The van der Waals surface area contributed by atoms with Crippen LogP contribution < -0.4 is 14.2 Å². The topological polar surface area (TPSA) is 97.4 Å². The van der Waals surface area contributed by atoms with Crippen LogP contribution in [-0.4, -0.2) is 88.8 Å². The van der Waals surface area contributed by atoms with Gasteiger partial charge in [-0.15, -0.1) is 0 Å². The lowest BCUT2D eigenvalue weighted by Gasteiger charge is -2.60. The van der Waals surface area contributed by atoms with Crippen LogP contribution >= 0.6 is 0 Å². The maximum atomic E-state index is 11.0. The number of carbonyl (C=O) groups is 3. The van der Waals surface area contributed by atoms with E-state index in [1.54, 1.807) is 116 Å². The Bertz CT molecular complexity index is 2250. The van der Waals surface area contributed by atoms with Crippen molar-refractivity contribution in [2.24, 2.45) is 69.0 Å². The molecule has 12 aliphatic carbocycles. The standard InChI is InChI=1S/C12H17O3S.C12H20.C11H15O3S.C11H15O2S.2C11H18.3C2H6/c1-4-14-12(13)9-15-10-5-7-11(8-6-10)16(2)3;1-11-4-9-3-10(5-11)7-12(2,6-9)8-11;1-13-11(12)8-14-9-4-6-10(7-5-9)15(2)3;1-9(12)8-13-10-4-6-11(7-5-10)14(2)3;2*1-11-5-8-2-9(6-11)4-10(3-8)7-11;3*1-2/h5-8H,4,9H2,1-3H3;9-10H,3-8H2,1-2H3;4-7H,8H2,1-3H3;4-7H,8H2,1-3H3;2*8-10H,2-7H2,1H3;3*1-2H3/q+1;;2*+1;;;;;. The average molecular weight is 1230 g/mol. The van der Waals surface area contributed by atoms with Crippen molar-refractivity contribution < 1.29 is 38.1 Å². The fourth-order valence-corrected chi connectivity index (χ4v) is 19.5. The third-order valence-corrected chi connectivity index (χ3v) is 22.6. The summed E-state index contributed by atoms with van der Waals surface area (Å²) in [5.41, 5.74) is 3.13. The molecule has 0 radical (unpaired) electrons. The smallest absolute Gasteiger partial charge is 0.344 e. The predicted molar refractivity (Wildman–Crippen MR) is 365 cm³/mol. The van der Waals surface area contributed by atoms with Crippen molar-refractivity contribution in [3.05, 3.63) is 72.8 Å². The summed E-state index contributed by atoms with van der Waals surface area (Å²) in [6.45, 7) is 25.9. The Hall–Kier alpha value is -3.28. The lowest BCUT2D eigenvalue weighted by molar-refractivity contribution is -0.145. The summed E-state index contributed by atoms with van der Waals surface area (Å²) < 4.78 is 25.0. The lowest BCUT2D eigenvalue weighted by atomic mass is 9.45. The predicted octanol–water partition coefficient (Wildman–Crippen LogP) is 18.4. The number of Topliss-reactive ketones (excluding diaryl/α,β-unsaturated/α-hetero) is 1. The molecule has 0 heterocycles. The number of esters is 2. The molecular weight excluding hydrogens is 1110 g/mol. The number of methoxy groups -OCH3 is 1. The first-order valence-corrected chi connectivity index (χ1v) is 39.2. The van der Waals surface area contributed by atoms with Gasteiger partial charge < -0.3 is 23.7 Å². The van der Waals surface area contributed by atoms with Crippen LogP contribution in [0.1, 0.15) is 199 Å². The molecule has 0 atom stereocenters. The molecule has 12 aliphatic rings. The van der Waals surface area contributed by atoms with Gasteiger partial charge in [-0.1, -0.05) is 69.2 Å². The molecule has 15 rings (SSSR count). The van der Waals surface area contributed by atoms with Crippen molar-refractivity contribution in [1.82, 2.24) is 0 Å². The maximum absolute atomic E-state index is 11.0. The number of ketones is 1. The van der Waals surface area contributed by atoms with Gasteiger partial charge in [0.2, 0.25) is 0 Å². The van der Waals surface area contributed by atoms with Crippen molar-refractivity contribution in [3.8, 4) is 17.2 Å². The number of benzene rings is 3. The minimum absolute atomic E-state index is 0.0306. The van der Waals surface area contributed by atoms with Gasteiger partial charge in [-0.3, -0.25) is 4.79 Å². The molecule has 12 saturated carbocycles. The monoisotopic (exact) mass is 1230 g/mol. The van der Waals surface area contributed by atoms with Gasteiger partial charge in [-0.2, -0.15) is 0 Å². The van der Waals surface area contributed by atoms with Gasteiger partial charge in [0.05, 0.1) is 13.7 Å². The first-order valence-electron chi connectivity index (χ1n) is 33.0. The highest BCUT2D eigenvalue weighted by atomic mass is 32.2. The van der Waals surface area contributed by atoms with E-state index in [0.29, 0.717) is 18.1 Å². The van der Waals surface area contributed by atoms with Crippen LogP contribution in [0.25, 0.3) is 0 Å². The van der Waals surface area contributed by atoms with E-state index in [2.05, 4.69) is 70.0 Å². The summed E-state index contributed by atoms with van der Waals surface area (Å²) in [6, 6.07) is 23.4. The molecule has 0 amide bonds. The molecule has 12 fully saturated rings. The molecule has 12 bridgehead atoms. The zero-order valence-electron chi connectivity index (χ0n) is 57.1. The minimum atomic E-state index is -0.371. The van der Waals surface area contributed by atoms with Gasteiger partial charge in [-0.05, 0) is 271 Å². The molecule has 0 aromatic heterocycles. The summed E-state index contributed by atoms with van der Waals surface area (Å²) in [5, 5.41) is 0. The van der Waals surface area contributed by atoms with Crippen LogP contribution in [0.3, 0.4) is 0 Å². The second-order valence-electron chi connectivity index (χ2n) is 27.9. The van der Waals surface area contributed by atoms with Crippen LogP contribution in [-0.2, 0) is 56.5 Å². The molecular formula is C74H121O8S3+3. The third kappa shape index (κ3) is 24.6. The number of hydrogen-bond acceptors (Lipinski definition) is 8. The summed E-state index contributed by atoms with van der Waals surface area (Å²) in [7, 11) is 2.12. The van der Waals surface area contributed by atoms with Crippen LogP contribution in [0.5, 0.6) is 17.2 Å². The molecule has 11 heteroatoms. The normalized spacial score (nSPS) is 30.0. The highest BCUT2D eigenvalue weighted by Crippen LogP contribution is 2.65. The molecule has 0 aliphatic heterocycles. The summed E-state index contributed by atoms with van der Waals surface area (Å²) in [4.78, 5) is 36.4. The molecule has 0 N–H and O–H groups in total. The van der Waals surface area contributed by atoms with Gasteiger partial charge in [0, 0.05) is 32.7 Å². The maximum Gasteiger partial charge on any atom is 0.344 e. The Kier molecular flexibility index (Phi) is 31.2. The zero-order valence-corrected chi connectivity index (χ0v) is 59.5. The fourth-order valence-electron chi connectivity index (χ4n) is 17.5. The Morgan fingerprint density at radius 1 is 0.400 bits per heavy atom. The number of hydrogen-bond donors (Lipinski definition) is 0. The van der Waals surface area contributed by atoms with Crippen LogP contribution in [0.2, 0.25) is 0 Å². The van der Waals surface area contributed by atoms with E-state index in [4.69, 9.17) is 18.9 Å². The third-order valence-electron chi connectivity index (χ3n) is 18.9. The molecule has 0 unspecified atom stereocenters. The fraction of sp³-hybridized carbons (Fsp3) is 0.716. The molecule has 480 valence electrons. The lowest BCUT2D eigenvalue weighted by Crippen LogP contribution is -2.49. The van der Waals surface area contributed by atoms with Crippen LogP contribution in [0.15, 0.2) is 87.5 Å². The van der Waals surface area contributed by atoms with Crippen LogP contribution in [0, 0.1) is 69.0 Å². The van der Waals surface area contributed by atoms with Gasteiger partial charge in [-0.25, -0.2) is 9.59 Å². The summed E-state index contributed by atoms with van der Waals surface area (Å²) in [5.74, 6) is 10.6. The Morgan fingerprint density at radius 3 is 0.871 bits per heavy atom. The first-order chi connectivity index (χ1) is 40.4. The molecule has 8 nitrogen and oxygen atoms in total. The molecule has 3 aromatic rings. The van der Waals surface area contributed by atoms with Crippen molar-refractivity contribution in [2.75, 3.05) is 71.1 Å². The Morgan fingerprint density at radius 2 is 0.647 bits per heavy atom. The number of rotatable bonds is 13. The quantitative estimate of drug-likeness (QED) is 0.123. The number of ether oxygens (including phenoxy) is 5. The average Bonchev–Trinajstić information content (AvgIpc) is 1.35. The Balaban J connectivity index is 0.000000215. The SMILES string of the molecule is CC.CC.CC.CC(=O)COc1ccc([S+](C)C)cc1.CC12CC3CC(C1)CC(C)(C3)C2.CC12CC3CC(CC(C3)C1)C2.CC12CC3CC(CC(C3)C1)C2.CCOC(=O)COc1ccc([S+](C)C)cc1.COC(=O)COc1ccc([S+](C)C)cc1. The van der Waals surface area contributed by atoms with Crippen molar-refractivity contribution in [3.63, 3.8) is 0 Å². The van der Waals surface area contributed by atoms with Crippen LogP contribution in [0.4, 0.5) is 0 Å². The largest absolute Gasteiger partial charge is 0.486 e. The van der Waals surface area contributed by atoms with E-state index < -0.39 is 0 Å². The van der Waals surface area contributed by atoms with Crippen molar-refractivity contribution in [1.29, 1.82) is 0 Å². The first kappa shape index (κ1) is 74.2. The number of carbonyl (C=O) groups excluding carboxylic acids is 3. The van der Waals surface area contributed by atoms with E-state index in [0.717, 1.165) is 74.8 Å².